The summed E-state index contributed by atoms with van der Waals surface area (Å²) in [6.07, 6.45) is 4.10. The molecule has 0 aliphatic carbocycles. The fraction of sp³-hybridized carbons (Fsp3) is 0.250. The van der Waals surface area contributed by atoms with E-state index in [0.29, 0.717) is 0 Å². The molecule has 0 radical (unpaired) electrons. The summed E-state index contributed by atoms with van der Waals surface area (Å²) in [6.45, 7) is 2.04. The van der Waals surface area contributed by atoms with Gasteiger partial charge in [0.1, 0.15) is 11.5 Å². The zero-order chi connectivity index (χ0) is 17.4. The van der Waals surface area contributed by atoms with E-state index in [1.54, 1.807) is 20.3 Å². The number of hydrogen-bond donors (Lipinski definition) is 1. The van der Waals surface area contributed by atoms with Gasteiger partial charge in [-0.05, 0) is 36.3 Å². The number of rotatable bonds is 7. The Morgan fingerprint density at radius 2 is 1.79 bits per heavy atom. The molecule has 0 aliphatic heterocycles. The first kappa shape index (κ1) is 17.6. The van der Waals surface area contributed by atoms with Crippen molar-refractivity contribution in [2.24, 2.45) is 0 Å². The van der Waals surface area contributed by atoms with Gasteiger partial charge in [0.25, 0.3) is 0 Å². The van der Waals surface area contributed by atoms with E-state index >= 15 is 0 Å². The number of methoxy groups -OCH3 is 2. The largest absolute Gasteiger partial charge is 0.497 e. The lowest BCUT2D eigenvalue weighted by atomic mass is 10.0. The standard InChI is InChI=1S/C20H23NO3/c1-4-18(15-9-12-17(23-2)13-10-15)21-20(22)14-11-16-7-5-6-8-19(16)24-3/h5-14,18H,4H2,1-3H3,(H,21,22)/b14-11+/t18-/m1/s1. The van der Waals surface area contributed by atoms with Crippen LogP contribution in [0.15, 0.2) is 54.6 Å². The van der Waals surface area contributed by atoms with E-state index in [0.717, 1.165) is 29.0 Å². The quantitative estimate of drug-likeness (QED) is 0.783. The first-order chi connectivity index (χ1) is 11.7. The lowest BCUT2D eigenvalue weighted by Gasteiger charge is -2.16. The van der Waals surface area contributed by atoms with Crippen LogP contribution in [-0.4, -0.2) is 20.1 Å². The second-order valence-electron chi connectivity index (χ2n) is 5.32. The van der Waals surface area contributed by atoms with Crippen LogP contribution >= 0.6 is 0 Å². The van der Waals surface area contributed by atoms with Crippen molar-refractivity contribution in [3.63, 3.8) is 0 Å². The van der Waals surface area contributed by atoms with Gasteiger partial charge in [0.2, 0.25) is 5.91 Å². The molecule has 1 N–H and O–H groups in total. The highest BCUT2D eigenvalue weighted by atomic mass is 16.5. The van der Waals surface area contributed by atoms with Gasteiger partial charge in [-0.15, -0.1) is 0 Å². The molecule has 2 aromatic carbocycles. The maximum absolute atomic E-state index is 12.2. The molecule has 4 heteroatoms. The smallest absolute Gasteiger partial charge is 0.244 e. The molecule has 0 unspecified atom stereocenters. The zero-order valence-electron chi connectivity index (χ0n) is 14.3. The van der Waals surface area contributed by atoms with E-state index in [9.17, 15) is 4.79 Å². The minimum atomic E-state index is -0.136. The van der Waals surface area contributed by atoms with Gasteiger partial charge in [-0.25, -0.2) is 0 Å². The maximum atomic E-state index is 12.2. The Morgan fingerprint density at radius 1 is 1.08 bits per heavy atom. The molecular formula is C20H23NO3. The van der Waals surface area contributed by atoms with Crippen molar-refractivity contribution in [3.05, 3.63) is 65.7 Å². The molecule has 0 bridgehead atoms. The average Bonchev–Trinajstić information content (AvgIpc) is 2.64. The molecule has 1 amide bonds. The number of para-hydroxylation sites is 1. The van der Waals surface area contributed by atoms with Gasteiger partial charge in [-0.3, -0.25) is 4.79 Å². The van der Waals surface area contributed by atoms with E-state index in [2.05, 4.69) is 5.32 Å². The van der Waals surface area contributed by atoms with Crippen LogP contribution in [0.2, 0.25) is 0 Å². The van der Waals surface area contributed by atoms with Gasteiger partial charge in [-0.2, -0.15) is 0 Å². The second kappa shape index (κ2) is 8.77. The van der Waals surface area contributed by atoms with Gasteiger partial charge >= 0.3 is 0 Å². The molecule has 4 nitrogen and oxygen atoms in total. The molecule has 1 atom stereocenters. The Labute approximate surface area is 143 Å². The van der Waals surface area contributed by atoms with Crippen molar-refractivity contribution in [2.75, 3.05) is 14.2 Å². The van der Waals surface area contributed by atoms with Gasteiger partial charge in [0.15, 0.2) is 0 Å². The fourth-order valence-electron chi connectivity index (χ4n) is 2.45. The van der Waals surface area contributed by atoms with Crippen LogP contribution in [0, 0.1) is 0 Å². The van der Waals surface area contributed by atoms with Gasteiger partial charge < -0.3 is 14.8 Å². The second-order valence-corrected chi connectivity index (χ2v) is 5.32. The predicted molar refractivity (Wildman–Crippen MR) is 96.2 cm³/mol. The third kappa shape index (κ3) is 4.62. The van der Waals surface area contributed by atoms with Crippen LogP contribution in [0.5, 0.6) is 11.5 Å². The lowest BCUT2D eigenvalue weighted by molar-refractivity contribution is -0.117. The molecule has 0 saturated heterocycles. The van der Waals surface area contributed by atoms with Crippen LogP contribution in [-0.2, 0) is 4.79 Å². The number of amides is 1. The Morgan fingerprint density at radius 3 is 2.42 bits per heavy atom. The molecule has 2 rings (SSSR count). The number of benzene rings is 2. The molecule has 0 saturated carbocycles. The summed E-state index contributed by atoms with van der Waals surface area (Å²) in [5.41, 5.74) is 1.92. The van der Waals surface area contributed by atoms with Gasteiger partial charge in [0.05, 0.1) is 20.3 Å². The highest BCUT2D eigenvalue weighted by Gasteiger charge is 2.11. The molecule has 126 valence electrons. The van der Waals surface area contributed by atoms with Gasteiger partial charge in [-0.1, -0.05) is 37.3 Å². The number of hydrogen-bond acceptors (Lipinski definition) is 3. The van der Waals surface area contributed by atoms with Crippen molar-refractivity contribution >= 4 is 12.0 Å². The molecule has 0 fully saturated rings. The summed E-state index contributed by atoms with van der Waals surface area (Å²) < 4.78 is 10.4. The van der Waals surface area contributed by atoms with Crippen LogP contribution in [0.4, 0.5) is 0 Å². The molecule has 0 heterocycles. The molecular weight excluding hydrogens is 302 g/mol. The summed E-state index contributed by atoms with van der Waals surface area (Å²) in [5, 5.41) is 3.02. The summed E-state index contributed by atoms with van der Waals surface area (Å²) >= 11 is 0. The minimum Gasteiger partial charge on any atom is -0.497 e. The topological polar surface area (TPSA) is 47.6 Å². The summed E-state index contributed by atoms with van der Waals surface area (Å²) in [5.74, 6) is 1.41. The minimum absolute atomic E-state index is 0.0364. The van der Waals surface area contributed by atoms with E-state index in [4.69, 9.17) is 9.47 Å². The fourth-order valence-corrected chi connectivity index (χ4v) is 2.45. The van der Waals surface area contributed by atoms with Crippen molar-refractivity contribution < 1.29 is 14.3 Å². The highest BCUT2D eigenvalue weighted by Crippen LogP contribution is 2.21. The number of carbonyl (C=O) groups excluding carboxylic acids is 1. The average molecular weight is 325 g/mol. The van der Waals surface area contributed by atoms with E-state index < -0.39 is 0 Å². The molecule has 2 aromatic rings. The van der Waals surface area contributed by atoms with Crippen molar-refractivity contribution in [1.82, 2.24) is 5.32 Å². The molecule has 24 heavy (non-hydrogen) atoms. The van der Waals surface area contributed by atoms with Crippen LogP contribution < -0.4 is 14.8 Å². The Balaban J connectivity index is 2.04. The Bertz CT molecular complexity index is 692. The third-order valence-corrected chi connectivity index (χ3v) is 3.80. The van der Waals surface area contributed by atoms with Crippen LogP contribution in [0.1, 0.15) is 30.5 Å². The molecule has 0 aliphatic rings. The Hall–Kier alpha value is -2.75. The maximum Gasteiger partial charge on any atom is 0.244 e. The summed E-state index contributed by atoms with van der Waals surface area (Å²) in [6, 6.07) is 15.3. The Kier molecular flexibility index (Phi) is 6.43. The van der Waals surface area contributed by atoms with E-state index in [-0.39, 0.29) is 11.9 Å². The number of carbonyl (C=O) groups is 1. The normalized spacial score (nSPS) is 12.0. The summed E-state index contributed by atoms with van der Waals surface area (Å²) in [4.78, 5) is 12.2. The van der Waals surface area contributed by atoms with Crippen molar-refractivity contribution in [3.8, 4) is 11.5 Å². The van der Waals surface area contributed by atoms with Crippen molar-refractivity contribution in [2.45, 2.75) is 19.4 Å². The number of ether oxygens (including phenoxy) is 2. The van der Waals surface area contributed by atoms with Crippen LogP contribution in [0.25, 0.3) is 6.08 Å². The first-order valence-electron chi connectivity index (χ1n) is 7.93. The number of nitrogens with one attached hydrogen (secondary N) is 1. The SMILES string of the molecule is CC[C@@H](NC(=O)/C=C/c1ccccc1OC)c1ccc(OC)cc1. The lowest BCUT2D eigenvalue weighted by Crippen LogP contribution is -2.26. The first-order valence-corrected chi connectivity index (χ1v) is 7.93. The molecule has 0 aromatic heterocycles. The van der Waals surface area contributed by atoms with Gasteiger partial charge in [0, 0.05) is 11.6 Å². The van der Waals surface area contributed by atoms with Crippen molar-refractivity contribution in [1.29, 1.82) is 0 Å². The zero-order valence-corrected chi connectivity index (χ0v) is 14.3. The van der Waals surface area contributed by atoms with E-state index in [1.807, 2.05) is 55.5 Å². The third-order valence-electron chi connectivity index (χ3n) is 3.80. The monoisotopic (exact) mass is 325 g/mol. The molecule has 0 spiro atoms. The summed E-state index contributed by atoms with van der Waals surface area (Å²) in [7, 11) is 3.25. The van der Waals surface area contributed by atoms with Crippen LogP contribution in [0.3, 0.4) is 0 Å². The predicted octanol–water partition coefficient (Wildman–Crippen LogP) is 3.98. The highest BCUT2D eigenvalue weighted by molar-refractivity contribution is 5.92. The van der Waals surface area contributed by atoms with E-state index in [1.165, 1.54) is 6.08 Å².